The van der Waals surface area contributed by atoms with Crippen molar-refractivity contribution < 1.29 is 22.7 Å². The Morgan fingerprint density at radius 1 is 1.08 bits per heavy atom. The standard InChI is InChI=1S/C27H31F3N6O2/c1-18-23-16-20(33-24(37)9-6-19-4-7-22(8-5-19)38-27(28,29)30)17-31-25(23)34-26(32-18)36-14-10-21(11-15-36)35-12-2-3-13-35/h4-5,7-8,16-17,21H,2-3,6,9-15H2,1H3,(H,33,37). The van der Waals surface area contributed by atoms with Gasteiger partial charge in [0.25, 0.3) is 0 Å². The fourth-order valence-electron chi connectivity index (χ4n) is 5.23. The van der Waals surface area contributed by atoms with Gasteiger partial charge in [-0.25, -0.2) is 9.97 Å². The van der Waals surface area contributed by atoms with Gasteiger partial charge in [-0.3, -0.25) is 4.79 Å². The van der Waals surface area contributed by atoms with Crippen LogP contribution in [0.25, 0.3) is 11.0 Å². The highest BCUT2D eigenvalue weighted by Gasteiger charge is 2.31. The van der Waals surface area contributed by atoms with E-state index in [1.165, 1.54) is 50.2 Å². The Hall–Kier alpha value is -3.47. The van der Waals surface area contributed by atoms with Crippen LogP contribution in [0.1, 0.15) is 43.4 Å². The topological polar surface area (TPSA) is 83.5 Å². The summed E-state index contributed by atoms with van der Waals surface area (Å²) < 4.78 is 40.8. The van der Waals surface area contributed by atoms with Crippen molar-refractivity contribution >= 4 is 28.6 Å². The number of benzene rings is 1. The zero-order chi connectivity index (χ0) is 26.7. The molecule has 0 aliphatic carbocycles. The molecule has 38 heavy (non-hydrogen) atoms. The van der Waals surface area contributed by atoms with Crippen LogP contribution < -0.4 is 15.0 Å². The first-order chi connectivity index (χ1) is 18.2. The van der Waals surface area contributed by atoms with Crippen molar-refractivity contribution in [2.24, 2.45) is 0 Å². The number of pyridine rings is 1. The minimum absolute atomic E-state index is 0.166. The second-order valence-electron chi connectivity index (χ2n) is 9.91. The maximum atomic E-state index is 12.5. The summed E-state index contributed by atoms with van der Waals surface area (Å²) in [5.74, 6) is 0.184. The number of piperidine rings is 1. The minimum atomic E-state index is -4.73. The molecular formula is C27H31F3N6O2. The van der Waals surface area contributed by atoms with Crippen LogP contribution >= 0.6 is 0 Å². The quantitative estimate of drug-likeness (QED) is 0.469. The van der Waals surface area contributed by atoms with E-state index in [-0.39, 0.29) is 18.1 Å². The number of anilines is 2. The highest BCUT2D eigenvalue weighted by atomic mass is 19.4. The van der Waals surface area contributed by atoms with Gasteiger partial charge in [-0.15, -0.1) is 13.2 Å². The molecule has 1 aromatic carbocycles. The number of nitrogens with one attached hydrogen (secondary N) is 1. The SMILES string of the molecule is Cc1nc(N2CCC(N3CCCC3)CC2)nc2ncc(NC(=O)CCc3ccc(OC(F)(F)F)cc3)cc12. The molecule has 2 saturated heterocycles. The van der Waals surface area contributed by atoms with Crippen LogP contribution in [0.5, 0.6) is 5.75 Å². The van der Waals surface area contributed by atoms with Crippen LogP contribution in [0.2, 0.25) is 0 Å². The van der Waals surface area contributed by atoms with Gasteiger partial charge in [0.2, 0.25) is 11.9 Å². The number of amides is 1. The molecule has 2 fully saturated rings. The lowest BCUT2D eigenvalue weighted by Gasteiger charge is -2.36. The van der Waals surface area contributed by atoms with Crippen molar-refractivity contribution in [1.82, 2.24) is 19.9 Å². The van der Waals surface area contributed by atoms with Gasteiger partial charge in [-0.2, -0.15) is 4.98 Å². The van der Waals surface area contributed by atoms with Crippen LogP contribution in [0.3, 0.4) is 0 Å². The Balaban J connectivity index is 1.17. The van der Waals surface area contributed by atoms with Crippen molar-refractivity contribution in [2.45, 2.75) is 57.9 Å². The fourth-order valence-corrected chi connectivity index (χ4v) is 5.23. The van der Waals surface area contributed by atoms with E-state index >= 15 is 0 Å². The number of halogens is 3. The van der Waals surface area contributed by atoms with Gasteiger partial charge >= 0.3 is 6.36 Å². The average Bonchev–Trinajstić information content (AvgIpc) is 3.43. The molecule has 0 unspecified atom stereocenters. The number of aryl methyl sites for hydroxylation is 2. The maximum absolute atomic E-state index is 12.5. The first-order valence-electron chi connectivity index (χ1n) is 13.0. The number of hydrogen-bond acceptors (Lipinski definition) is 7. The summed E-state index contributed by atoms with van der Waals surface area (Å²) in [7, 11) is 0. The molecule has 2 aliphatic rings. The first-order valence-corrected chi connectivity index (χ1v) is 13.0. The molecule has 0 spiro atoms. The third-order valence-corrected chi connectivity index (χ3v) is 7.22. The van der Waals surface area contributed by atoms with E-state index in [9.17, 15) is 18.0 Å². The normalized spacial score (nSPS) is 17.2. The van der Waals surface area contributed by atoms with Crippen LogP contribution in [0.15, 0.2) is 36.5 Å². The van der Waals surface area contributed by atoms with Gasteiger partial charge in [0.1, 0.15) is 5.75 Å². The molecule has 2 aliphatic heterocycles. The zero-order valence-electron chi connectivity index (χ0n) is 21.3. The van der Waals surface area contributed by atoms with Gasteiger partial charge in [0, 0.05) is 30.9 Å². The molecule has 0 bridgehead atoms. The summed E-state index contributed by atoms with van der Waals surface area (Å²) in [5, 5.41) is 3.61. The number of carbonyl (C=O) groups is 1. The number of alkyl halides is 3. The Labute approximate surface area is 219 Å². The number of ether oxygens (including phenoxy) is 1. The van der Waals surface area contributed by atoms with Crippen LogP contribution in [-0.2, 0) is 11.2 Å². The van der Waals surface area contributed by atoms with Crippen molar-refractivity contribution in [1.29, 1.82) is 0 Å². The van der Waals surface area contributed by atoms with Gasteiger partial charge in [0.05, 0.1) is 17.6 Å². The van der Waals surface area contributed by atoms with Crippen molar-refractivity contribution in [3.05, 3.63) is 47.8 Å². The average molecular weight is 529 g/mol. The molecular weight excluding hydrogens is 497 g/mol. The fraction of sp³-hybridized carbons (Fsp3) is 0.481. The zero-order valence-corrected chi connectivity index (χ0v) is 21.3. The van der Waals surface area contributed by atoms with Crippen LogP contribution in [0, 0.1) is 6.92 Å². The lowest BCUT2D eigenvalue weighted by atomic mass is 10.0. The van der Waals surface area contributed by atoms with Gasteiger partial charge in [-0.1, -0.05) is 12.1 Å². The Morgan fingerprint density at radius 2 is 1.79 bits per heavy atom. The summed E-state index contributed by atoms with van der Waals surface area (Å²) in [4.78, 5) is 31.3. The molecule has 202 valence electrons. The molecule has 11 heteroatoms. The lowest BCUT2D eigenvalue weighted by molar-refractivity contribution is -0.274. The Morgan fingerprint density at radius 3 is 2.47 bits per heavy atom. The van der Waals surface area contributed by atoms with Gasteiger partial charge in [-0.05, 0) is 75.9 Å². The van der Waals surface area contributed by atoms with E-state index < -0.39 is 6.36 Å². The van der Waals surface area contributed by atoms with E-state index in [1.54, 1.807) is 6.20 Å². The number of hydrogen-bond donors (Lipinski definition) is 1. The van der Waals surface area contributed by atoms with Crippen molar-refractivity contribution in [2.75, 3.05) is 36.4 Å². The number of likely N-dealkylation sites (tertiary alicyclic amines) is 1. The highest BCUT2D eigenvalue weighted by molar-refractivity contribution is 5.93. The number of aromatic nitrogens is 3. The Kier molecular flexibility index (Phi) is 7.64. The largest absolute Gasteiger partial charge is 0.573 e. The number of fused-ring (bicyclic) bond motifs is 1. The number of carbonyl (C=O) groups excluding carboxylic acids is 1. The summed E-state index contributed by atoms with van der Waals surface area (Å²) >= 11 is 0. The summed E-state index contributed by atoms with van der Waals surface area (Å²) in [6.45, 7) is 6.21. The monoisotopic (exact) mass is 528 g/mol. The second kappa shape index (κ2) is 11.1. The minimum Gasteiger partial charge on any atom is -0.406 e. The van der Waals surface area contributed by atoms with E-state index in [0.717, 1.165) is 42.6 Å². The molecule has 1 N–H and O–H groups in total. The van der Waals surface area contributed by atoms with E-state index in [2.05, 4.69) is 24.8 Å². The molecule has 4 heterocycles. The number of nitrogens with zero attached hydrogens (tertiary/aromatic N) is 5. The lowest BCUT2D eigenvalue weighted by Crippen LogP contribution is -2.44. The van der Waals surface area contributed by atoms with E-state index in [0.29, 0.717) is 29.7 Å². The molecule has 5 rings (SSSR count). The molecule has 2 aromatic heterocycles. The molecule has 0 radical (unpaired) electrons. The maximum Gasteiger partial charge on any atom is 0.573 e. The molecule has 3 aromatic rings. The third-order valence-electron chi connectivity index (χ3n) is 7.22. The van der Waals surface area contributed by atoms with E-state index in [1.807, 2.05) is 13.0 Å². The summed E-state index contributed by atoms with van der Waals surface area (Å²) in [6.07, 6.45) is 2.23. The predicted molar refractivity (Wildman–Crippen MR) is 138 cm³/mol. The highest BCUT2D eigenvalue weighted by Crippen LogP contribution is 2.26. The van der Waals surface area contributed by atoms with Crippen molar-refractivity contribution in [3.8, 4) is 5.75 Å². The number of rotatable bonds is 7. The van der Waals surface area contributed by atoms with Gasteiger partial charge in [0.15, 0.2) is 5.65 Å². The summed E-state index contributed by atoms with van der Waals surface area (Å²) in [5.41, 5.74) is 2.67. The summed E-state index contributed by atoms with van der Waals surface area (Å²) in [6, 6.07) is 7.98. The smallest absolute Gasteiger partial charge is 0.406 e. The second-order valence-corrected chi connectivity index (χ2v) is 9.91. The third kappa shape index (κ3) is 6.50. The molecule has 8 nitrogen and oxygen atoms in total. The molecule has 0 atom stereocenters. The predicted octanol–water partition coefficient (Wildman–Crippen LogP) is 4.87. The Bertz CT molecular complexity index is 1270. The first kappa shape index (κ1) is 26.1. The van der Waals surface area contributed by atoms with Gasteiger partial charge < -0.3 is 19.9 Å². The molecule has 0 saturated carbocycles. The molecule has 1 amide bonds. The van der Waals surface area contributed by atoms with Crippen LogP contribution in [0.4, 0.5) is 24.8 Å². The van der Waals surface area contributed by atoms with Crippen LogP contribution in [-0.4, -0.2) is 64.3 Å². The van der Waals surface area contributed by atoms with E-state index in [4.69, 9.17) is 9.97 Å². The van der Waals surface area contributed by atoms with Crippen molar-refractivity contribution in [3.63, 3.8) is 0 Å².